The van der Waals surface area contributed by atoms with Gasteiger partial charge in [-0.25, -0.2) is 8.42 Å². The summed E-state index contributed by atoms with van der Waals surface area (Å²) in [5.41, 5.74) is 0.611. The number of benzene rings is 2. The monoisotopic (exact) mass is 358 g/mol. The molecule has 132 valence electrons. The van der Waals surface area contributed by atoms with Crippen molar-refractivity contribution in [2.75, 3.05) is 23.9 Å². The van der Waals surface area contributed by atoms with Gasteiger partial charge in [0.2, 0.25) is 5.91 Å². The minimum atomic E-state index is -3.67. The molecular formula is C19H22N2O3S. The SMILES string of the molecule is C[C@@H]1C[C@@H](C)CN(C(=O)CN2c3cccc4cccc(c34)S2(=O)=O)C1. The smallest absolute Gasteiger partial charge is 0.265 e. The molecule has 0 aliphatic carbocycles. The molecule has 0 saturated carbocycles. The summed E-state index contributed by atoms with van der Waals surface area (Å²) in [6, 6.07) is 10.8. The fraction of sp³-hybridized carbons (Fsp3) is 0.421. The highest BCUT2D eigenvalue weighted by Crippen LogP contribution is 2.41. The molecule has 2 aromatic rings. The van der Waals surface area contributed by atoms with E-state index in [-0.39, 0.29) is 12.5 Å². The number of carbonyl (C=O) groups is 1. The number of amides is 1. The van der Waals surface area contributed by atoms with Crippen LogP contribution in [0.4, 0.5) is 5.69 Å². The van der Waals surface area contributed by atoms with Crippen LogP contribution in [-0.4, -0.2) is 38.9 Å². The summed E-state index contributed by atoms with van der Waals surface area (Å²) in [4.78, 5) is 14.9. The molecule has 1 fully saturated rings. The predicted molar refractivity (Wildman–Crippen MR) is 98.0 cm³/mol. The van der Waals surface area contributed by atoms with Crippen LogP contribution < -0.4 is 4.31 Å². The third kappa shape index (κ3) is 2.59. The minimum Gasteiger partial charge on any atom is -0.341 e. The summed E-state index contributed by atoms with van der Waals surface area (Å²) in [6.45, 7) is 5.55. The first-order valence-electron chi connectivity index (χ1n) is 8.70. The average Bonchev–Trinajstić information content (AvgIpc) is 2.77. The van der Waals surface area contributed by atoms with Gasteiger partial charge in [0.15, 0.2) is 0 Å². The molecular weight excluding hydrogens is 336 g/mol. The van der Waals surface area contributed by atoms with Crippen molar-refractivity contribution >= 4 is 32.4 Å². The van der Waals surface area contributed by atoms with E-state index in [2.05, 4.69) is 13.8 Å². The fourth-order valence-electron chi connectivity index (χ4n) is 4.22. The van der Waals surface area contributed by atoms with E-state index in [9.17, 15) is 13.2 Å². The molecule has 0 spiro atoms. The van der Waals surface area contributed by atoms with Gasteiger partial charge in [-0.15, -0.1) is 0 Å². The molecule has 2 atom stereocenters. The zero-order chi connectivity index (χ0) is 17.8. The van der Waals surface area contributed by atoms with Crippen molar-refractivity contribution in [1.29, 1.82) is 0 Å². The van der Waals surface area contributed by atoms with Crippen LogP contribution in [0.2, 0.25) is 0 Å². The van der Waals surface area contributed by atoms with Gasteiger partial charge >= 0.3 is 0 Å². The van der Waals surface area contributed by atoms with Crippen molar-refractivity contribution in [3.63, 3.8) is 0 Å². The quantitative estimate of drug-likeness (QED) is 0.829. The zero-order valence-electron chi connectivity index (χ0n) is 14.5. The van der Waals surface area contributed by atoms with E-state index in [0.717, 1.165) is 17.2 Å². The third-order valence-corrected chi connectivity index (χ3v) is 6.98. The molecule has 5 nitrogen and oxygen atoms in total. The molecule has 2 heterocycles. The number of likely N-dealkylation sites (tertiary alicyclic amines) is 1. The van der Waals surface area contributed by atoms with Gasteiger partial charge in [-0.2, -0.15) is 0 Å². The second-order valence-electron chi connectivity index (χ2n) is 7.39. The van der Waals surface area contributed by atoms with Crippen molar-refractivity contribution in [2.45, 2.75) is 25.2 Å². The van der Waals surface area contributed by atoms with Gasteiger partial charge in [0.05, 0.1) is 10.6 Å². The van der Waals surface area contributed by atoms with Gasteiger partial charge in [-0.3, -0.25) is 9.10 Å². The van der Waals surface area contributed by atoms with Gasteiger partial charge in [0, 0.05) is 18.5 Å². The van der Waals surface area contributed by atoms with Crippen LogP contribution in [0.1, 0.15) is 20.3 Å². The lowest BCUT2D eigenvalue weighted by molar-refractivity contribution is -0.132. The van der Waals surface area contributed by atoms with Crippen LogP contribution in [0, 0.1) is 11.8 Å². The Morgan fingerprint density at radius 2 is 1.72 bits per heavy atom. The van der Waals surface area contributed by atoms with Gasteiger partial charge < -0.3 is 4.90 Å². The number of hydrogen-bond donors (Lipinski definition) is 0. The van der Waals surface area contributed by atoms with Crippen molar-refractivity contribution in [2.24, 2.45) is 11.8 Å². The topological polar surface area (TPSA) is 57.7 Å². The van der Waals surface area contributed by atoms with Gasteiger partial charge in [0.25, 0.3) is 10.0 Å². The van der Waals surface area contributed by atoms with Gasteiger partial charge in [-0.1, -0.05) is 38.1 Å². The van der Waals surface area contributed by atoms with Gasteiger partial charge in [-0.05, 0) is 35.8 Å². The zero-order valence-corrected chi connectivity index (χ0v) is 15.3. The van der Waals surface area contributed by atoms with Gasteiger partial charge in [0.1, 0.15) is 6.54 Å². The minimum absolute atomic E-state index is 0.119. The average molecular weight is 358 g/mol. The summed E-state index contributed by atoms with van der Waals surface area (Å²) >= 11 is 0. The summed E-state index contributed by atoms with van der Waals surface area (Å²) in [7, 11) is -3.67. The summed E-state index contributed by atoms with van der Waals surface area (Å²) in [6.07, 6.45) is 1.11. The highest BCUT2D eigenvalue weighted by Gasteiger charge is 2.38. The third-order valence-electron chi connectivity index (χ3n) is 5.18. The lowest BCUT2D eigenvalue weighted by atomic mass is 9.92. The molecule has 0 N–H and O–H groups in total. The van der Waals surface area contributed by atoms with E-state index in [1.165, 1.54) is 4.31 Å². The normalized spacial score (nSPS) is 24.7. The number of sulfonamides is 1. The molecule has 25 heavy (non-hydrogen) atoms. The highest BCUT2D eigenvalue weighted by molar-refractivity contribution is 7.93. The molecule has 0 radical (unpaired) electrons. The molecule has 0 bridgehead atoms. The second kappa shape index (κ2) is 5.73. The van der Waals surface area contributed by atoms with Crippen LogP contribution in [-0.2, 0) is 14.8 Å². The maximum Gasteiger partial charge on any atom is 0.265 e. The predicted octanol–water partition coefficient (Wildman–Crippen LogP) is 2.85. The molecule has 0 unspecified atom stereocenters. The second-order valence-corrected chi connectivity index (χ2v) is 9.22. The van der Waals surface area contributed by atoms with Crippen molar-refractivity contribution in [3.05, 3.63) is 36.4 Å². The Hall–Kier alpha value is -2.08. The van der Waals surface area contributed by atoms with E-state index in [1.807, 2.05) is 23.1 Å². The summed E-state index contributed by atoms with van der Waals surface area (Å²) in [5.74, 6) is 0.777. The summed E-state index contributed by atoms with van der Waals surface area (Å²) < 4.78 is 27.2. The van der Waals surface area contributed by atoms with E-state index < -0.39 is 10.0 Å². The van der Waals surface area contributed by atoms with Crippen molar-refractivity contribution < 1.29 is 13.2 Å². The molecule has 1 saturated heterocycles. The Morgan fingerprint density at radius 3 is 2.40 bits per heavy atom. The number of piperidine rings is 1. The van der Waals surface area contributed by atoms with Crippen molar-refractivity contribution in [3.8, 4) is 0 Å². The van der Waals surface area contributed by atoms with E-state index >= 15 is 0 Å². The maximum absolute atomic E-state index is 13.0. The van der Waals surface area contributed by atoms with Crippen LogP contribution in [0.25, 0.3) is 10.8 Å². The lowest BCUT2D eigenvalue weighted by Crippen LogP contribution is -2.47. The highest BCUT2D eigenvalue weighted by atomic mass is 32.2. The maximum atomic E-state index is 13.0. The van der Waals surface area contributed by atoms with Crippen LogP contribution in [0.15, 0.2) is 41.3 Å². The Morgan fingerprint density at radius 1 is 1.08 bits per heavy atom. The number of rotatable bonds is 2. The molecule has 6 heteroatoms. The molecule has 1 amide bonds. The van der Waals surface area contributed by atoms with Crippen LogP contribution >= 0.6 is 0 Å². The number of carbonyl (C=O) groups excluding carboxylic acids is 1. The molecule has 2 aromatic carbocycles. The first-order valence-corrected chi connectivity index (χ1v) is 10.1. The standard InChI is InChI=1S/C19H22N2O3S/c1-13-9-14(2)11-20(10-13)18(22)12-21-16-7-3-5-15-6-4-8-17(19(15)16)25(21,23)24/h3-8,13-14H,9-12H2,1-2H3/t13-,14-/m1/s1. The Bertz CT molecular complexity index is 939. The number of nitrogens with zero attached hydrogens (tertiary/aromatic N) is 2. The van der Waals surface area contributed by atoms with Crippen LogP contribution in [0.5, 0.6) is 0 Å². The van der Waals surface area contributed by atoms with E-state index in [1.54, 1.807) is 18.2 Å². The molecule has 0 aromatic heterocycles. The fourth-order valence-corrected chi connectivity index (χ4v) is 5.88. The number of anilines is 1. The Kier molecular flexibility index (Phi) is 3.76. The first-order chi connectivity index (χ1) is 11.9. The van der Waals surface area contributed by atoms with E-state index in [0.29, 0.717) is 35.5 Å². The molecule has 2 aliphatic heterocycles. The Balaban J connectivity index is 1.68. The molecule has 2 aliphatic rings. The lowest BCUT2D eigenvalue weighted by Gasteiger charge is -2.35. The first kappa shape index (κ1) is 16.4. The largest absolute Gasteiger partial charge is 0.341 e. The Labute approximate surface area is 148 Å². The van der Waals surface area contributed by atoms with Crippen molar-refractivity contribution in [1.82, 2.24) is 4.90 Å². The number of hydrogen-bond acceptors (Lipinski definition) is 3. The van der Waals surface area contributed by atoms with Crippen LogP contribution in [0.3, 0.4) is 0 Å². The van der Waals surface area contributed by atoms with E-state index in [4.69, 9.17) is 0 Å². The summed E-state index contributed by atoms with van der Waals surface area (Å²) in [5, 5.41) is 1.60. The molecule has 4 rings (SSSR count).